The first-order valence-electron chi connectivity index (χ1n) is 8.90. The molecule has 1 aliphatic heterocycles. The first kappa shape index (κ1) is 18.4. The van der Waals surface area contributed by atoms with Gasteiger partial charge in [0.25, 0.3) is 0 Å². The van der Waals surface area contributed by atoms with E-state index in [4.69, 9.17) is 0 Å². The Kier molecular flexibility index (Phi) is 7.30. The SMILES string of the molecule is O=C(CCCCC1CCSS1)NCc1cccc(Cn2cccn2)c1. The lowest BCUT2D eigenvalue weighted by atomic mass is 10.1. The molecular formula is C19H25N3OS2. The van der Waals surface area contributed by atoms with Gasteiger partial charge >= 0.3 is 0 Å². The maximum absolute atomic E-state index is 12.0. The number of aromatic nitrogens is 2. The predicted octanol–water partition coefficient (Wildman–Crippen LogP) is 4.26. The van der Waals surface area contributed by atoms with Gasteiger partial charge in [-0.25, -0.2) is 0 Å². The minimum absolute atomic E-state index is 0.158. The van der Waals surface area contributed by atoms with Crippen molar-refractivity contribution in [2.24, 2.45) is 0 Å². The lowest BCUT2D eigenvalue weighted by Crippen LogP contribution is -2.22. The molecule has 2 aromatic rings. The summed E-state index contributed by atoms with van der Waals surface area (Å²) >= 11 is 0. The lowest BCUT2D eigenvalue weighted by Gasteiger charge is -2.09. The van der Waals surface area contributed by atoms with Crippen LogP contribution in [-0.4, -0.2) is 26.7 Å². The normalized spacial score (nSPS) is 16.9. The Morgan fingerprint density at radius 1 is 1.28 bits per heavy atom. The zero-order chi connectivity index (χ0) is 17.3. The number of hydrogen-bond acceptors (Lipinski definition) is 4. The fourth-order valence-corrected chi connectivity index (χ4v) is 5.96. The average Bonchev–Trinajstić information content (AvgIpc) is 3.31. The van der Waals surface area contributed by atoms with Gasteiger partial charge in [0.15, 0.2) is 0 Å². The van der Waals surface area contributed by atoms with Gasteiger partial charge in [-0.3, -0.25) is 9.48 Å². The highest BCUT2D eigenvalue weighted by Crippen LogP contribution is 2.39. The Morgan fingerprint density at radius 3 is 3.00 bits per heavy atom. The number of amides is 1. The van der Waals surface area contributed by atoms with Gasteiger partial charge in [-0.2, -0.15) is 5.10 Å². The second-order valence-electron chi connectivity index (χ2n) is 6.37. The Hall–Kier alpha value is -1.40. The van der Waals surface area contributed by atoms with Crippen LogP contribution in [0.3, 0.4) is 0 Å². The number of benzene rings is 1. The van der Waals surface area contributed by atoms with Crippen LogP contribution in [0.25, 0.3) is 0 Å². The summed E-state index contributed by atoms with van der Waals surface area (Å²) in [6, 6.07) is 10.2. The van der Waals surface area contributed by atoms with Crippen LogP contribution in [0.1, 0.15) is 43.2 Å². The third-order valence-corrected chi connectivity index (χ3v) is 7.30. The van der Waals surface area contributed by atoms with Crippen LogP contribution in [-0.2, 0) is 17.9 Å². The molecule has 1 N–H and O–H groups in total. The predicted molar refractivity (Wildman–Crippen MR) is 107 cm³/mol. The standard InChI is InChI=1S/C19H25N3OS2/c23-19(8-2-1-7-18-9-12-24-25-18)20-14-16-5-3-6-17(13-16)15-22-11-4-10-21-22/h3-6,10-11,13,18H,1-2,7-9,12,14-15H2,(H,20,23). The highest BCUT2D eigenvalue weighted by Gasteiger charge is 2.15. The monoisotopic (exact) mass is 375 g/mol. The number of carbonyl (C=O) groups excluding carboxylic acids is 1. The number of hydrogen-bond donors (Lipinski definition) is 1. The zero-order valence-corrected chi connectivity index (χ0v) is 16.0. The van der Waals surface area contributed by atoms with E-state index in [2.05, 4.69) is 28.6 Å². The van der Waals surface area contributed by atoms with Gasteiger partial charge in [0.2, 0.25) is 5.91 Å². The van der Waals surface area contributed by atoms with E-state index in [1.807, 2.05) is 44.6 Å². The molecule has 1 aromatic carbocycles. The van der Waals surface area contributed by atoms with Crippen molar-refractivity contribution in [1.82, 2.24) is 15.1 Å². The second kappa shape index (κ2) is 9.92. The largest absolute Gasteiger partial charge is 0.352 e. The van der Waals surface area contributed by atoms with Gasteiger partial charge < -0.3 is 5.32 Å². The van der Waals surface area contributed by atoms with E-state index in [1.54, 1.807) is 6.20 Å². The molecule has 1 atom stereocenters. The molecule has 2 heterocycles. The number of nitrogens with zero attached hydrogens (tertiary/aromatic N) is 2. The van der Waals surface area contributed by atoms with Crippen LogP contribution in [0.5, 0.6) is 0 Å². The summed E-state index contributed by atoms with van der Waals surface area (Å²) in [5, 5.41) is 8.08. The third-order valence-electron chi connectivity index (χ3n) is 4.29. The fourth-order valence-electron chi connectivity index (χ4n) is 2.93. The molecule has 1 saturated heterocycles. The van der Waals surface area contributed by atoms with Gasteiger partial charge in [-0.05, 0) is 36.5 Å². The van der Waals surface area contributed by atoms with E-state index < -0.39 is 0 Å². The molecule has 1 aromatic heterocycles. The molecule has 25 heavy (non-hydrogen) atoms. The maximum Gasteiger partial charge on any atom is 0.220 e. The van der Waals surface area contributed by atoms with Crippen molar-refractivity contribution in [3.8, 4) is 0 Å². The summed E-state index contributed by atoms with van der Waals surface area (Å²) in [4.78, 5) is 12.0. The minimum Gasteiger partial charge on any atom is -0.352 e. The summed E-state index contributed by atoms with van der Waals surface area (Å²) in [6.45, 7) is 1.35. The first-order chi connectivity index (χ1) is 12.3. The molecule has 1 unspecified atom stereocenters. The van der Waals surface area contributed by atoms with E-state index in [0.29, 0.717) is 13.0 Å². The highest BCUT2D eigenvalue weighted by atomic mass is 33.1. The highest BCUT2D eigenvalue weighted by molar-refractivity contribution is 8.77. The molecule has 0 spiro atoms. The van der Waals surface area contributed by atoms with Gasteiger partial charge in [0, 0.05) is 36.4 Å². The molecular weight excluding hydrogens is 350 g/mol. The molecule has 6 heteroatoms. The number of unbranched alkanes of at least 4 members (excludes halogenated alkanes) is 1. The Balaban J connectivity index is 1.35. The molecule has 0 radical (unpaired) electrons. The second-order valence-corrected chi connectivity index (χ2v) is 9.16. The van der Waals surface area contributed by atoms with Crippen molar-refractivity contribution < 1.29 is 4.79 Å². The van der Waals surface area contributed by atoms with E-state index in [1.165, 1.54) is 24.2 Å². The summed E-state index contributed by atoms with van der Waals surface area (Å²) in [7, 11) is 4.01. The van der Waals surface area contributed by atoms with E-state index in [0.717, 1.165) is 30.2 Å². The minimum atomic E-state index is 0.158. The Bertz CT molecular complexity index is 654. The topological polar surface area (TPSA) is 46.9 Å². The molecule has 0 bridgehead atoms. The molecule has 4 nitrogen and oxygen atoms in total. The molecule has 134 valence electrons. The molecule has 0 saturated carbocycles. The van der Waals surface area contributed by atoms with Crippen molar-refractivity contribution in [3.05, 3.63) is 53.9 Å². The first-order valence-corrected chi connectivity index (χ1v) is 11.3. The van der Waals surface area contributed by atoms with Gasteiger partial charge in [0.1, 0.15) is 0 Å². The van der Waals surface area contributed by atoms with E-state index >= 15 is 0 Å². The third kappa shape index (κ3) is 6.44. The van der Waals surface area contributed by atoms with E-state index in [-0.39, 0.29) is 5.91 Å². The Labute approximate surface area is 157 Å². The van der Waals surface area contributed by atoms with Crippen LogP contribution in [0.4, 0.5) is 0 Å². The average molecular weight is 376 g/mol. The van der Waals surface area contributed by atoms with Gasteiger partial charge in [-0.1, -0.05) is 52.3 Å². The number of carbonyl (C=O) groups is 1. The maximum atomic E-state index is 12.0. The van der Waals surface area contributed by atoms with Crippen LogP contribution in [0.2, 0.25) is 0 Å². The van der Waals surface area contributed by atoms with Gasteiger partial charge in [-0.15, -0.1) is 0 Å². The van der Waals surface area contributed by atoms with Crippen molar-refractivity contribution in [2.45, 2.75) is 50.4 Å². The summed E-state index contributed by atoms with van der Waals surface area (Å²) < 4.78 is 1.90. The molecule has 0 aliphatic carbocycles. The fraction of sp³-hybridized carbons (Fsp3) is 0.474. The van der Waals surface area contributed by atoms with Gasteiger partial charge in [0.05, 0.1) is 6.54 Å². The van der Waals surface area contributed by atoms with Crippen LogP contribution >= 0.6 is 21.6 Å². The van der Waals surface area contributed by atoms with E-state index in [9.17, 15) is 4.79 Å². The van der Waals surface area contributed by atoms with Crippen molar-refractivity contribution in [2.75, 3.05) is 5.75 Å². The van der Waals surface area contributed by atoms with Crippen molar-refractivity contribution >= 4 is 27.5 Å². The summed E-state index contributed by atoms with van der Waals surface area (Å²) in [5.74, 6) is 1.45. The zero-order valence-electron chi connectivity index (χ0n) is 14.4. The molecule has 1 amide bonds. The number of nitrogens with one attached hydrogen (secondary N) is 1. The molecule has 1 fully saturated rings. The van der Waals surface area contributed by atoms with Crippen LogP contribution in [0.15, 0.2) is 42.7 Å². The molecule has 1 aliphatic rings. The van der Waals surface area contributed by atoms with Crippen LogP contribution in [0, 0.1) is 0 Å². The molecule has 3 rings (SSSR count). The van der Waals surface area contributed by atoms with Crippen molar-refractivity contribution in [3.63, 3.8) is 0 Å². The lowest BCUT2D eigenvalue weighted by molar-refractivity contribution is -0.121. The van der Waals surface area contributed by atoms with Crippen molar-refractivity contribution in [1.29, 1.82) is 0 Å². The number of rotatable bonds is 9. The quantitative estimate of drug-likeness (QED) is 0.525. The smallest absolute Gasteiger partial charge is 0.220 e. The Morgan fingerprint density at radius 2 is 2.20 bits per heavy atom. The van der Waals surface area contributed by atoms with Crippen LogP contribution < -0.4 is 5.32 Å². The summed E-state index contributed by atoms with van der Waals surface area (Å²) in [5.41, 5.74) is 2.33. The summed E-state index contributed by atoms with van der Waals surface area (Å²) in [6.07, 6.45) is 9.11.